The van der Waals surface area contributed by atoms with E-state index in [-0.39, 0.29) is 0 Å². The second-order valence-corrected chi connectivity index (χ2v) is 3.12. The molecule has 1 N–H and O–H groups in total. The summed E-state index contributed by atoms with van der Waals surface area (Å²) in [4.78, 5) is 9.47. The lowest BCUT2D eigenvalue weighted by atomic mass is 10.2. The molecular weight excluding hydrogens is 162 g/mol. The van der Waals surface area contributed by atoms with Gasteiger partial charge in [0, 0.05) is 19.3 Å². The molecule has 0 amide bonds. The standard InChI is InChI=1S/C10H13N3/c1-3-13(2)8-4-5-9-10(6-8)12-7-11-9/h4-7H,3H2,1-2H3,(H,11,12). The number of H-pyrrole nitrogens is 1. The molecular formula is C10H13N3. The summed E-state index contributed by atoms with van der Waals surface area (Å²) in [6, 6.07) is 6.24. The SMILES string of the molecule is CCN(C)c1ccc2nc[nH]c2c1. The molecule has 0 spiro atoms. The van der Waals surface area contributed by atoms with Crippen molar-refractivity contribution in [1.29, 1.82) is 0 Å². The molecule has 1 aromatic carbocycles. The number of rotatable bonds is 2. The number of hydrogen-bond donors (Lipinski definition) is 1. The molecule has 1 heterocycles. The van der Waals surface area contributed by atoms with Gasteiger partial charge in [0.05, 0.1) is 17.4 Å². The maximum absolute atomic E-state index is 4.17. The van der Waals surface area contributed by atoms with Crippen LogP contribution in [0.4, 0.5) is 5.69 Å². The van der Waals surface area contributed by atoms with Crippen LogP contribution in [-0.2, 0) is 0 Å². The van der Waals surface area contributed by atoms with E-state index in [9.17, 15) is 0 Å². The highest BCUT2D eigenvalue weighted by molar-refractivity contribution is 5.78. The van der Waals surface area contributed by atoms with Crippen LogP contribution in [0.5, 0.6) is 0 Å². The number of nitrogens with zero attached hydrogens (tertiary/aromatic N) is 2. The zero-order valence-corrected chi connectivity index (χ0v) is 7.91. The molecule has 13 heavy (non-hydrogen) atoms. The molecule has 1 aromatic heterocycles. The number of aromatic amines is 1. The minimum absolute atomic E-state index is 1.01. The van der Waals surface area contributed by atoms with Crippen LogP contribution >= 0.6 is 0 Å². The number of nitrogens with one attached hydrogen (secondary N) is 1. The summed E-state index contributed by atoms with van der Waals surface area (Å²) in [5.41, 5.74) is 3.34. The van der Waals surface area contributed by atoms with Crippen LogP contribution in [0, 0.1) is 0 Å². The van der Waals surface area contributed by atoms with E-state index in [0.717, 1.165) is 17.6 Å². The zero-order valence-electron chi connectivity index (χ0n) is 7.91. The number of imidazole rings is 1. The third-order valence-corrected chi connectivity index (χ3v) is 2.32. The zero-order chi connectivity index (χ0) is 9.26. The largest absolute Gasteiger partial charge is 0.375 e. The maximum Gasteiger partial charge on any atom is 0.0931 e. The summed E-state index contributed by atoms with van der Waals surface area (Å²) in [6.45, 7) is 3.15. The quantitative estimate of drug-likeness (QED) is 0.757. The second-order valence-electron chi connectivity index (χ2n) is 3.12. The van der Waals surface area contributed by atoms with Crippen LogP contribution in [0.2, 0.25) is 0 Å². The van der Waals surface area contributed by atoms with Crippen molar-refractivity contribution in [1.82, 2.24) is 9.97 Å². The highest BCUT2D eigenvalue weighted by Gasteiger charge is 2.00. The van der Waals surface area contributed by atoms with Gasteiger partial charge in [0.25, 0.3) is 0 Å². The van der Waals surface area contributed by atoms with Crippen molar-refractivity contribution >= 4 is 16.7 Å². The van der Waals surface area contributed by atoms with Gasteiger partial charge >= 0.3 is 0 Å². The predicted octanol–water partition coefficient (Wildman–Crippen LogP) is 2.02. The van der Waals surface area contributed by atoms with Gasteiger partial charge in [0.1, 0.15) is 0 Å². The van der Waals surface area contributed by atoms with Gasteiger partial charge in [0.2, 0.25) is 0 Å². The first kappa shape index (κ1) is 8.10. The molecule has 2 aromatic rings. The van der Waals surface area contributed by atoms with Crippen molar-refractivity contribution in [3.05, 3.63) is 24.5 Å². The van der Waals surface area contributed by atoms with Crippen LogP contribution in [0.15, 0.2) is 24.5 Å². The molecule has 3 heteroatoms. The first-order valence-electron chi connectivity index (χ1n) is 4.45. The Balaban J connectivity index is 2.48. The topological polar surface area (TPSA) is 31.9 Å². The first-order valence-corrected chi connectivity index (χ1v) is 4.45. The van der Waals surface area contributed by atoms with Crippen molar-refractivity contribution in [3.8, 4) is 0 Å². The minimum Gasteiger partial charge on any atom is -0.375 e. The van der Waals surface area contributed by atoms with Gasteiger partial charge in [-0.05, 0) is 25.1 Å². The van der Waals surface area contributed by atoms with E-state index in [1.54, 1.807) is 6.33 Å². The summed E-state index contributed by atoms with van der Waals surface area (Å²) >= 11 is 0. The summed E-state index contributed by atoms with van der Waals surface area (Å²) in [6.07, 6.45) is 1.72. The van der Waals surface area contributed by atoms with Gasteiger partial charge in [-0.2, -0.15) is 0 Å². The Morgan fingerprint density at radius 1 is 1.46 bits per heavy atom. The van der Waals surface area contributed by atoms with E-state index in [1.165, 1.54) is 5.69 Å². The summed E-state index contributed by atoms with van der Waals surface area (Å²) in [7, 11) is 2.08. The first-order chi connectivity index (χ1) is 6.31. The fraction of sp³-hybridized carbons (Fsp3) is 0.300. The molecule has 0 saturated heterocycles. The molecule has 0 saturated carbocycles. The average Bonchev–Trinajstić information content (AvgIpc) is 2.63. The number of benzene rings is 1. The normalized spacial score (nSPS) is 10.6. The number of hydrogen-bond acceptors (Lipinski definition) is 2. The lowest BCUT2D eigenvalue weighted by Crippen LogP contribution is -2.15. The molecule has 0 unspecified atom stereocenters. The van der Waals surface area contributed by atoms with Gasteiger partial charge < -0.3 is 9.88 Å². The highest BCUT2D eigenvalue weighted by atomic mass is 15.1. The van der Waals surface area contributed by atoms with Crippen LogP contribution in [0.3, 0.4) is 0 Å². The van der Waals surface area contributed by atoms with E-state index in [1.807, 2.05) is 6.07 Å². The molecule has 0 fully saturated rings. The van der Waals surface area contributed by atoms with Gasteiger partial charge in [-0.15, -0.1) is 0 Å². The number of fused-ring (bicyclic) bond motifs is 1. The van der Waals surface area contributed by atoms with Crippen molar-refractivity contribution in [3.63, 3.8) is 0 Å². The smallest absolute Gasteiger partial charge is 0.0931 e. The Labute approximate surface area is 77.4 Å². The number of anilines is 1. The molecule has 0 aliphatic rings. The van der Waals surface area contributed by atoms with Gasteiger partial charge in [-0.3, -0.25) is 0 Å². The summed E-state index contributed by atoms with van der Waals surface area (Å²) in [5, 5.41) is 0. The van der Waals surface area contributed by atoms with Crippen molar-refractivity contribution in [2.75, 3.05) is 18.5 Å². The lowest BCUT2D eigenvalue weighted by Gasteiger charge is -2.16. The van der Waals surface area contributed by atoms with E-state index in [2.05, 4.69) is 41.0 Å². The fourth-order valence-electron chi connectivity index (χ4n) is 1.34. The highest BCUT2D eigenvalue weighted by Crippen LogP contribution is 2.18. The average molecular weight is 175 g/mol. The third kappa shape index (κ3) is 1.37. The molecule has 0 radical (unpaired) electrons. The van der Waals surface area contributed by atoms with Crippen LogP contribution in [-0.4, -0.2) is 23.6 Å². The Morgan fingerprint density at radius 3 is 3.08 bits per heavy atom. The fourth-order valence-corrected chi connectivity index (χ4v) is 1.34. The Hall–Kier alpha value is -1.51. The van der Waals surface area contributed by atoms with Crippen LogP contribution in [0.1, 0.15) is 6.92 Å². The molecule has 3 nitrogen and oxygen atoms in total. The Morgan fingerprint density at radius 2 is 2.31 bits per heavy atom. The number of aromatic nitrogens is 2. The molecule has 0 aliphatic heterocycles. The van der Waals surface area contributed by atoms with Gasteiger partial charge in [-0.1, -0.05) is 0 Å². The molecule has 68 valence electrons. The third-order valence-electron chi connectivity index (χ3n) is 2.32. The van der Waals surface area contributed by atoms with Gasteiger partial charge in [0.15, 0.2) is 0 Å². The summed E-state index contributed by atoms with van der Waals surface area (Å²) in [5.74, 6) is 0. The predicted molar refractivity (Wildman–Crippen MR) is 55.0 cm³/mol. The Bertz CT molecular complexity index is 405. The minimum atomic E-state index is 1.01. The van der Waals surface area contributed by atoms with E-state index < -0.39 is 0 Å². The van der Waals surface area contributed by atoms with Crippen molar-refractivity contribution in [2.45, 2.75) is 6.92 Å². The second kappa shape index (κ2) is 3.09. The van der Waals surface area contributed by atoms with Gasteiger partial charge in [-0.25, -0.2) is 4.98 Å². The van der Waals surface area contributed by atoms with E-state index in [4.69, 9.17) is 0 Å². The maximum atomic E-state index is 4.17. The molecule has 0 aliphatic carbocycles. The molecule has 0 bridgehead atoms. The lowest BCUT2D eigenvalue weighted by molar-refractivity contribution is 0.969. The molecule has 0 atom stereocenters. The van der Waals surface area contributed by atoms with Crippen molar-refractivity contribution in [2.24, 2.45) is 0 Å². The summed E-state index contributed by atoms with van der Waals surface area (Å²) < 4.78 is 0. The Kier molecular flexibility index (Phi) is 1.93. The molecule has 2 rings (SSSR count). The van der Waals surface area contributed by atoms with E-state index >= 15 is 0 Å². The monoisotopic (exact) mass is 175 g/mol. The van der Waals surface area contributed by atoms with Crippen LogP contribution < -0.4 is 4.90 Å². The van der Waals surface area contributed by atoms with Crippen molar-refractivity contribution < 1.29 is 0 Å². The van der Waals surface area contributed by atoms with Crippen LogP contribution in [0.25, 0.3) is 11.0 Å². The van der Waals surface area contributed by atoms with E-state index in [0.29, 0.717) is 0 Å².